The average Bonchev–Trinajstić information content (AvgIpc) is 2.39. The Morgan fingerprint density at radius 3 is 2.95 bits per heavy atom. The van der Waals surface area contributed by atoms with Gasteiger partial charge in [0.15, 0.2) is 0 Å². The maximum atomic E-state index is 12.1. The summed E-state index contributed by atoms with van der Waals surface area (Å²) in [5.41, 5.74) is 6.47. The number of nitrogens with one attached hydrogen (secondary N) is 1. The molecule has 0 aliphatic carbocycles. The molecule has 0 aliphatic rings. The molecule has 0 heterocycles. The highest BCUT2D eigenvalue weighted by Gasteiger charge is 2.14. The van der Waals surface area contributed by atoms with Gasteiger partial charge in [-0.1, -0.05) is 37.6 Å². The van der Waals surface area contributed by atoms with Gasteiger partial charge in [0.05, 0.1) is 16.3 Å². The van der Waals surface area contributed by atoms with Crippen LogP contribution in [0.5, 0.6) is 5.75 Å². The minimum absolute atomic E-state index is 0.212. The summed E-state index contributed by atoms with van der Waals surface area (Å²) in [5, 5.41) is 3.18. The van der Waals surface area contributed by atoms with E-state index >= 15 is 0 Å². The summed E-state index contributed by atoms with van der Waals surface area (Å²) in [4.78, 5) is 12.1. The Kier molecular flexibility index (Phi) is 6.22. The second kappa shape index (κ2) is 7.69. The van der Waals surface area contributed by atoms with Crippen molar-refractivity contribution in [2.24, 2.45) is 0 Å². The summed E-state index contributed by atoms with van der Waals surface area (Å²) in [6.07, 6.45) is 3.55. The van der Waals surface area contributed by atoms with Crippen LogP contribution in [-0.4, -0.2) is 19.1 Å². The monoisotopic (exact) mass is 282 g/mol. The number of ether oxygens (including phenoxy) is 1. The molecule has 0 atom stereocenters. The van der Waals surface area contributed by atoms with Gasteiger partial charge in [-0.05, 0) is 12.5 Å². The fourth-order valence-corrected chi connectivity index (χ4v) is 1.64. The van der Waals surface area contributed by atoms with Gasteiger partial charge in [0, 0.05) is 12.6 Å². The van der Waals surface area contributed by atoms with Crippen LogP contribution in [-0.2, 0) is 0 Å². The Labute approximate surface area is 118 Å². The molecule has 0 aliphatic heterocycles. The zero-order valence-electron chi connectivity index (χ0n) is 11.0. The minimum Gasteiger partial charge on any atom is -0.489 e. The number of hydrogen-bond donors (Lipinski definition) is 2. The van der Waals surface area contributed by atoms with E-state index in [9.17, 15) is 4.79 Å². The Bertz CT molecular complexity index is 461. The predicted octanol–water partition coefficient (Wildman–Crippen LogP) is 3.02. The number of nitrogens with two attached hydrogens (primary N) is 1. The molecule has 0 aromatic heterocycles. The number of nitrogen functional groups attached to an aromatic ring is 1. The van der Waals surface area contributed by atoms with Crippen LogP contribution in [0, 0.1) is 0 Å². The van der Waals surface area contributed by atoms with Gasteiger partial charge in [0.25, 0.3) is 5.91 Å². The van der Waals surface area contributed by atoms with Crippen LogP contribution in [0.25, 0.3) is 0 Å². The molecule has 3 N–H and O–H groups in total. The quantitative estimate of drug-likeness (QED) is 0.459. The maximum Gasteiger partial charge on any atom is 0.255 e. The van der Waals surface area contributed by atoms with E-state index in [0.29, 0.717) is 35.2 Å². The van der Waals surface area contributed by atoms with E-state index in [1.807, 2.05) is 0 Å². The first-order valence-electron chi connectivity index (χ1n) is 6.21. The number of carbonyl (C=O) groups is 1. The van der Waals surface area contributed by atoms with Gasteiger partial charge in [-0.15, -0.1) is 0 Å². The smallest absolute Gasteiger partial charge is 0.255 e. The first-order chi connectivity index (χ1) is 9.10. The summed E-state index contributed by atoms with van der Waals surface area (Å²) in [7, 11) is 0. The molecule has 19 heavy (non-hydrogen) atoms. The van der Waals surface area contributed by atoms with E-state index in [1.54, 1.807) is 12.1 Å². The fourth-order valence-electron chi connectivity index (χ4n) is 1.49. The third-order valence-corrected chi connectivity index (χ3v) is 2.84. The summed E-state index contributed by atoms with van der Waals surface area (Å²) in [6.45, 7) is 6.55. The largest absolute Gasteiger partial charge is 0.489 e. The molecular weight excluding hydrogens is 264 g/mol. The van der Waals surface area contributed by atoms with Crippen LogP contribution in [0.4, 0.5) is 5.69 Å². The third-order valence-electron chi connectivity index (χ3n) is 2.52. The summed E-state index contributed by atoms with van der Waals surface area (Å²) >= 11 is 5.93. The number of unbranched alkanes of at least 4 members (excludes halogenated alkanes) is 1. The minimum atomic E-state index is -0.212. The zero-order chi connectivity index (χ0) is 14.3. The van der Waals surface area contributed by atoms with Crippen molar-refractivity contribution in [3.63, 3.8) is 0 Å². The lowest BCUT2D eigenvalue weighted by atomic mass is 10.1. The van der Waals surface area contributed by atoms with E-state index in [2.05, 4.69) is 18.8 Å². The Morgan fingerprint density at radius 1 is 1.58 bits per heavy atom. The van der Waals surface area contributed by atoms with Crippen molar-refractivity contribution in [1.82, 2.24) is 5.32 Å². The lowest BCUT2D eigenvalue weighted by Gasteiger charge is -2.12. The molecule has 0 radical (unpaired) electrons. The van der Waals surface area contributed by atoms with Crippen molar-refractivity contribution in [3.8, 4) is 5.75 Å². The Morgan fingerprint density at radius 2 is 2.32 bits per heavy atom. The lowest BCUT2D eigenvalue weighted by Crippen LogP contribution is -2.25. The standard InChI is InChI=1S/C14H19ClN2O2/c1-3-5-6-17-14(18)10-8-12(16)11(15)9-13(10)19-7-4-2/h4,8-9H,2-3,5-7,16H2,1H3,(H,17,18). The molecule has 0 saturated heterocycles. The van der Waals surface area contributed by atoms with E-state index in [1.165, 1.54) is 6.07 Å². The van der Waals surface area contributed by atoms with Gasteiger partial charge >= 0.3 is 0 Å². The predicted molar refractivity (Wildman–Crippen MR) is 78.8 cm³/mol. The van der Waals surface area contributed by atoms with Crippen molar-refractivity contribution >= 4 is 23.2 Å². The van der Waals surface area contributed by atoms with Crippen LogP contribution >= 0.6 is 11.6 Å². The third kappa shape index (κ3) is 4.48. The topological polar surface area (TPSA) is 64.3 Å². The van der Waals surface area contributed by atoms with Gasteiger partial charge < -0.3 is 15.8 Å². The first kappa shape index (κ1) is 15.4. The van der Waals surface area contributed by atoms with E-state index in [4.69, 9.17) is 22.1 Å². The van der Waals surface area contributed by atoms with Gasteiger partial charge in [0.1, 0.15) is 12.4 Å². The number of benzene rings is 1. The molecule has 1 aromatic carbocycles. The van der Waals surface area contributed by atoms with E-state index in [-0.39, 0.29) is 5.91 Å². The summed E-state index contributed by atoms with van der Waals surface area (Å²) in [5.74, 6) is 0.198. The first-order valence-corrected chi connectivity index (χ1v) is 6.58. The molecule has 0 spiro atoms. The molecule has 0 unspecified atom stereocenters. The van der Waals surface area contributed by atoms with Crippen LogP contribution in [0.1, 0.15) is 30.1 Å². The molecular formula is C14H19ClN2O2. The highest BCUT2D eigenvalue weighted by Crippen LogP contribution is 2.29. The van der Waals surface area contributed by atoms with Crippen LogP contribution in [0.3, 0.4) is 0 Å². The van der Waals surface area contributed by atoms with Gasteiger partial charge in [0.2, 0.25) is 0 Å². The van der Waals surface area contributed by atoms with Crippen molar-refractivity contribution < 1.29 is 9.53 Å². The molecule has 104 valence electrons. The highest BCUT2D eigenvalue weighted by atomic mass is 35.5. The molecule has 0 fully saturated rings. The van der Waals surface area contributed by atoms with Gasteiger partial charge in [-0.2, -0.15) is 0 Å². The van der Waals surface area contributed by atoms with Gasteiger partial charge in [-0.25, -0.2) is 0 Å². The molecule has 1 rings (SSSR count). The van der Waals surface area contributed by atoms with Crippen molar-refractivity contribution in [1.29, 1.82) is 0 Å². The molecule has 5 heteroatoms. The average molecular weight is 283 g/mol. The van der Waals surface area contributed by atoms with Gasteiger partial charge in [-0.3, -0.25) is 4.79 Å². The number of carbonyl (C=O) groups excluding carboxylic acids is 1. The molecule has 1 aromatic rings. The molecule has 0 saturated carbocycles. The number of rotatable bonds is 7. The fraction of sp³-hybridized carbons (Fsp3) is 0.357. The van der Waals surface area contributed by atoms with Crippen molar-refractivity contribution in [3.05, 3.63) is 35.4 Å². The lowest BCUT2D eigenvalue weighted by molar-refractivity contribution is 0.0949. The summed E-state index contributed by atoms with van der Waals surface area (Å²) in [6, 6.07) is 3.08. The number of hydrogen-bond acceptors (Lipinski definition) is 3. The van der Waals surface area contributed by atoms with Crippen molar-refractivity contribution in [2.45, 2.75) is 19.8 Å². The second-order valence-corrected chi connectivity index (χ2v) is 4.49. The maximum absolute atomic E-state index is 12.1. The summed E-state index contributed by atoms with van der Waals surface area (Å²) < 4.78 is 5.43. The SMILES string of the molecule is C=CCOc1cc(Cl)c(N)cc1C(=O)NCCCC. The van der Waals surface area contributed by atoms with Crippen LogP contribution in [0.15, 0.2) is 24.8 Å². The van der Waals surface area contributed by atoms with Crippen molar-refractivity contribution in [2.75, 3.05) is 18.9 Å². The molecule has 1 amide bonds. The second-order valence-electron chi connectivity index (χ2n) is 4.08. The normalized spacial score (nSPS) is 10.0. The van der Waals surface area contributed by atoms with E-state index < -0.39 is 0 Å². The molecule has 0 bridgehead atoms. The van der Waals surface area contributed by atoms with E-state index in [0.717, 1.165) is 12.8 Å². The number of halogens is 1. The van der Waals surface area contributed by atoms with Crippen LogP contribution < -0.4 is 15.8 Å². The Balaban J connectivity index is 2.92. The number of anilines is 1. The highest BCUT2D eigenvalue weighted by molar-refractivity contribution is 6.33. The van der Waals surface area contributed by atoms with Crippen LogP contribution in [0.2, 0.25) is 5.02 Å². The zero-order valence-corrected chi connectivity index (χ0v) is 11.8. The Hall–Kier alpha value is -1.68. The molecule has 4 nitrogen and oxygen atoms in total. The number of amides is 1.